The monoisotopic (exact) mass is 381 g/mol. The van der Waals surface area contributed by atoms with Crippen molar-refractivity contribution in [2.75, 3.05) is 35.6 Å². The number of sulfonamides is 1. The third kappa shape index (κ3) is 6.18. The van der Waals surface area contributed by atoms with Gasteiger partial charge in [0.1, 0.15) is 5.56 Å². The molecule has 0 atom stereocenters. The first-order chi connectivity index (χ1) is 12.3. The number of aromatic nitrogens is 2. The number of carbonyl (C=O) groups excluding carboxylic acids is 1. The Bertz CT molecular complexity index is 758. The molecule has 2 heterocycles. The van der Waals surface area contributed by atoms with Gasteiger partial charge in [0.2, 0.25) is 16.0 Å². The molecule has 11 heteroatoms. The molecule has 1 saturated heterocycles. The lowest BCUT2D eigenvalue weighted by atomic mass is 9.45. The maximum Gasteiger partial charge on any atom is 0.343 e. The summed E-state index contributed by atoms with van der Waals surface area (Å²) in [6.07, 6.45) is 3.61. The van der Waals surface area contributed by atoms with Crippen molar-refractivity contribution in [1.82, 2.24) is 9.97 Å². The lowest BCUT2D eigenvalue weighted by Crippen LogP contribution is -2.37. The second-order valence-corrected chi connectivity index (χ2v) is 7.17. The number of esters is 1. The summed E-state index contributed by atoms with van der Waals surface area (Å²) in [6, 6.07) is 0. The number of nitrogens with one attached hydrogen (secondary N) is 1. The van der Waals surface area contributed by atoms with E-state index in [2.05, 4.69) is 20.7 Å². The van der Waals surface area contributed by atoms with Crippen LogP contribution in [0.2, 0.25) is 12.6 Å². The molecular weight excluding hydrogens is 357 g/mol. The fourth-order valence-corrected chi connectivity index (χ4v) is 2.85. The van der Waals surface area contributed by atoms with E-state index < -0.39 is 16.0 Å². The zero-order valence-electron chi connectivity index (χ0n) is 15.5. The Morgan fingerprint density at radius 1 is 1.42 bits per heavy atom. The number of ether oxygens (including phenoxy) is 1. The van der Waals surface area contributed by atoms with Crippen LogP contribution in [-0.4, -0.2) is 57.0 Å². The van der Waals surface area contributed by atoms with E-state index >= 15 is 0 Å². The second-order valence-electron chi connectivity index (χ2n) is 5.42. The minimum Gasteiger partial charge on any atom is -0.462 e. The maximum absolute atomic E-state index is 11.9. The molecule has 2 rings (SSSR count). The fourth-order valence-electron chi connectivity index (χ4n) is 2.35. The van der Waals surface area contributed by atoms with E-state index in [9.17, 15) is 13.2 Å². The summed E-state index contributed by atoms with van der Waals surface area (Å²) in [5, 5.41) is 8.94. The minimum atomic E-state index is -3.62. The summed E-state index contributed by atoms with van der Waals surface area (Å²) in [4.78, 5) is 22.1. The predicted octanol–water partition coefficient (Wildman–Crippen LogP) is 1.43. The zero-order chi connectivity index (χ0) is 19.7. The van der Waals surface area contributed by atoms with E-state index in [4.69, 9.17) is 10.00 Å². The highest BCUT2D eigenvalue weighted by Crippen LogP contribution is 2.21. The van der Waals surface area contributed by atoms with Gasteiger partial charge in [0.25, 0.3) is 6.71 Å². The minimum absolute atomic E-state index is 0.00803. The molecule has 0 unspecified atom stereocenters. The second kappa shape index (κ2) is 9.96. The molecule has 0 bridgehead atoms. The van der Waals surface area contributed by atoms with Gasteiger partial charge in [-0.1, -0.05) is 13.8 Å². The van der Waals surface area contributed by atoms with Crippen molar-refractivity contribution in [2.45, 2.75) is 33.4 Å². The summed E-state index contributed by atoms with van der Waals surface area (Å²) < 4.78 is 30.2. The molecule has 1 aliphatic heterocycles. The van der Waals surface area contributed by atoms with Gasteiger partial charge in [-0.25, -0.2) is 23.5 Å². The highest BCUT2D eigenvalue weighted by Gasteiger charge is 2.26. The maximum atomic E-state index is 11.9. The Labute approximate surface area is 154 Å². The van der Waals surface area contributed by atoms with Crippen molar-refractivity contribution in [3.8, 4) is 5.97 Å². The first-order valence-electron chi connectivity index (χ1n) is 8.50. The van der Waals surface area contributed by atoms with Crippen molar-refractivity contribution in [2.24, 2.45) is 0 Å². The Balaban J connectivity index is 0.00000163. The molecule has 1 N–H and O–H groups in total. The number of carbonyl (C=O) groups is 1. The van der Waals surface area contributed by atoms with Crippen LogP contribution in [0.25, 0.3) is 0 Å². The molecule has 0 amide bonds. The molecule has 1 aromatic heterocycles. The van der Waals surface area contributed by atoms with Crippen LogP contribution in [0.15, 0.2) is 6.20 Å². The number of hydrogen-bond donors (Lipinski definition) is 1. The van der Waals surface area contributed by atoms with E-state index in [0.717, 1.165) is 6.26 Å². The third-order valence-corrected chi connectivity index (χ3v) is 4.08. The molecule has 26 heavy (non-hydrogen) atoms. The molecule has 0 aliphatic carbocycles. The summed E-state index contributed by atoms with van der Waals surface area (Å²) in [5.74, 6) is 1.74. The summed E-state index contributed by atoms with van der Waals surface area (Å²) in [5.41, 5.74) is -0.0436. The smallest absolute Gasteiger partial charge is 0.343 e. The van der Waals surface area contributed by atoms with E-state index in [0.29, 0.717) is 31.7 Å². The topological polar surface area (TPSA) is 125 Å². The van der Waals surface area contributed by atoms with Gasteiger partial charge < -0.3 is 9.64 Å². The summed E-state index contributed by atoms with van der Waals surface area (Å²) >= 11 is 0. The van der Waals surface area contributed by atoms with Crippen molar-refractivity contribution in [3.63, 3.8) is 0 Å². The Morgan fingerprint density at radius 2 is 2.04 bits per heavy atom. The number of anilines is 2. The van der Waals surface area contributed by atoms with Crippen molar-refractivity contribution >= 4 is 34.5 Å². The van der Waals surface area contributed by atoms with E-state index in [-0.39, 0.29) is 24.7 Å². The van der Waals surface area contributed by atoms with Crippen LogP contribution >= 0.6 is 0 Å². The van der Waals surface area contributed by atoms with Gasteiger partial charge in [0, 0.05) is 25.3 Å². The average Bonchev–Trinajstić information content (AvgIpc) is 2.62. The molecule has 0 saturated carbocycles. The normalized spacial score (nSPS) is 14.0. The SMILES string of the molecule is CC.CCOC(=O)c1cnc(N2CCB(C#N)CC2)nc1NS(C)(=O)=O. The zero-order valence-corrected chi connectivity index (χ0v) is 16.3. The quantitative estimate of drug-likeness (QED) is 0.600. The van der Waals surface area contributed by atoms with Crippen LogP contribution in [-0.2, 0) is 14.8 Å². The summed E-state index contributed by atoms with van der Waals surface area (Å²) in [7, 11) is -3.62. The number of hydrogen-bond acceptors (Lipinski definition) is 8. The average molecular weight is 381 g/mol. The number of nitriles is 1. The van der Waals surface area contributed by atoms with Crippen molar-refractivity contribution in [3.05, 3.63) is 11.8 Å². The van der Waals surface area contributed by atoms with Gasteiger partial charge in [-0.3, -0.25) is 4.72 Å². The van der Waals surface area contributed by atoms with Gasteiger partial charge in [-0.05, 0) is 19.6 Å². The fraction of sp³-hybridized carbons (Fsp3) is 0.600. The lowest BCUT2D eigenvalue weighted by Gasteiger charge is -2.28. The first kappa shape index (κ1) is 21.7. The largest absolute Gasteiger partial charge is 0.462 e. The molecule has 142 valence electrons. The van der Waals surface area contributed by atoms with E-state index in [1.807, 2.05) is 18.7 Å². The van der Waals surface area contributed by atoms with Gasteiger partial charge in [0.15, 0.2) is 5.82 Å². The van der Waals surface area contributed by atoms with Crippen LogP contribution in [0, 0.1) is 11.2 Å². The first-order valence-corrected chi connectivity index (χ1v) is 10.4. The highest BCUT2D eigenvalue weighted by atomic mass is 32.2. The number of rotatable bonds is 5. The van der Waals surface area contributed by atoms with Crippen LogP contribution in [0.3, 0.4) is 0 Å². The molecule has 1 aliphatic rings. The van der Waals surface area contributed by atoms with Gasteiger partial charge >= 0.3 is 5.97 Å². The predicted molar refractivity (Wildman–Crippen MR) is 101 cm³/mol. The van der Waals surface area contributed by atoms with Crippen LogP contribution < -0.4 is 9.62 Å². The Hall–Kier alpha value is -2.35. The van der Waals surface area contributed by atoms with Crippen LogP contribution in [0.1, 0.15) is 31.1 Å². The van der Waals surface area contributed by atoms with E-state index in [1.165, 1.54) is 6.20 Å². The molecule has 9 nitrogen and oxygen atoms in total. The van der Waals surface area contributed by atoms with Gasteiger partial charge in [0.05, 0.1) is 12.9 Å². The Kier molecular flexibility index (Phi) is 8.31. The highest BCUT2D eigenvalue weighted by molar-refractivity contribution is 7.92. The number of nitrogens with zero attached hydrogens (tertiary/aromatic N) is 4. The van der Waals surface area contributed by atoms with Crippen molar-refractivity contribution in [1.29, 1.82) is 5.26 Å². The van der Waals surface area contributed by atoms with Crippen molar-refractivity contribution < 1.29 is 17.9 Å². The lowest BCUT2D eigenvalue weighted by molar-refractivity contribution is 0.0527. The van der Waals surface area contributed by atoms with Crippen LogP contribution in [0.4, 0.5) is 11.8 Å². The van der Waals surface area contributed by atoms with E-state index in [1.54, 1.807) is 6.92 Å². The molecule has 0 radical (unpaired) electrons. The molecule has 0 aromatic carbocycles. The van der Waals surface area contributed by atoms with Gasteiger partial charge in [-0.2, -0.15) is 4.98 Å². The third-order valence-electron chi connectivity index (χ3n) is 3.51. The van der Waals surface area contributed by atoms with Crippen LogP contribution in [0.5, 0.6) is 0 Å². The molecule has 1 fully saturated rings. The Morgan fingerprint density at radius 3 is 2.54 bits per heavy atom. The summed E-state index contributed by atoms with van der Waals surface area (Å²) in [6.45, 7) is 7.00. The standard InChI is InChI=1S/C13H18BN5O4S.C2H6/c1-3-23-12(20)10-8-16-13(17-11(10)18-24(2,21)22)19-6-4-14(9-15)5-7-19;1-2/h8H,3-7H2,1-2H3,(H,16,17,18);1-2H3. The molecule has 1 aromatic rings. The molecule has 0 spiro atoms. The molecular formula is C15H24BN5O4S. The van der Waals surface area contributed by atoms with Gasteiger partial charge in [-0.15, -0.1) is 0 Å².